The van der Waals surface area contributed by atoms with E-state index in [-0.39, 0.29) is 11.9 Å². The van der Waals surface area contributed by atoms with Gasteiger partial charge in [0, 0.05) is 24.0 Å². The van der Waals surface area contributed by atoms with E-state index in [9.17, 15) is 9.59 Å². The molecule has 0 bridgehead atoms. The van der Waals surface area contributed by atoms with Gasteiger partial charge >= 0.3 is 6.03 Å². The minimum Gasteiger partial charge on any atom is -0.497 e. The number of urea groups is 1. The number of aryl methyl sites for hydroxylation is 1. The molecular formula is C23H27N3O3. The Morgan fingerprint density at radius 3 is 2.72 bits per heavy atom. The largest absolute Gasteiger partial charge is 0.497 e. The predicted octanol–water partition coefficient (Wildman–Crippen LogP) is 4.21. The Hall–Kier alpha value is -3.02. The third-order valence-corrected chi connectivity index (χ3v) is 5.79. The van der Waals surface area contributed by atoms with Crippen LogP contribution in [0.15, 0.2) is 42.5 Å². The standard InChI is InChI=1S/C23H27N3O3/c1-29-18-10-5-9-17(15-18)24-23(28)26-14-6-13-21(26)22(27)25-20-12-4-8-16-7-2-3-11-19(16)20/h4-5,8-10,12,15,21H,2-3,6-7,11,13-14H2,1H3,(H,24,28)(H,25,27)/t21-/m1/s1. The molecule has 0 unspecified atom stereocenters. The number of amides is 3. The van der Waals surface area contributed by atoms with E-state index in [0.717, 1.165) is 31.4 Å². The molecule has 3 amide bonds. The summed E-state index contributed by atoms with van der Waals surface area (Å²) in [5.74, 6) is 0.564. The minimum absolute atomic E-state index is 0.109. The highest BCUT2D eigenvalue weighted by Gasteiger charge is 2.34. The SMILES string of the molecule is COc1cccc(NC(=O)N2CCC[C@@H]2C(=O)Nc2cccc3c2CCCC3)c1. The molecule has 6 nitrogen and oxygen atoms in total. The van der Waals surface area contributed by atoms with Crippen LogP contribution in [0.3, 0.4) is 0 Å². The summed E-state index contributed by atoms with van der Waals surface area (Å²) in [6.07, 6.45) is 5.90. The molecule has 4 rings (SSSR count). The van der Waals surface area contributed by atoms with Crippen molar-refractivity contribution in [3.63, 3.8) is 0 Å². The molecule has 29 heavy (non-hydrogen) atoms. The highest BCUT2D eigenvalue weighted by Crippen LogP contribution is 2.29. The van der Waals surface area contributed by atoms with Gasteiger partial charge in [0.05, 0.1) is 7.11 Å². The summed E-state index contributed by atoms with van der Waals surface area (Å²) in [4.78, 5) is 27.5. The number of ether oxygens (including phenoxy) is 1. The Bertz CT molecular complexity index is 912. The monoisotopic (exact) mass is 393 g/mol. The number of hydrogen-bond donors (Lipinski definition) is 2. The first kappa shape index (κ1) is 19.3. The number of rotatable bonds is 4. The number of likely N-dealkylation sites (tertiary alicyclic amines) is 1. The molecule has 1 saturated heterocycles. The van der Waals surface area contributed by atoms with E-state index >= 15 is 0 Å². The molecule has 0 radical (unpaired) electrons. The molecular weight excluding hydrogens is 366 g/mol. The Morgan fingerprint density at radius 2 is 1.86 bits per heavy atom. The van der Waals surface area contributed by atoms with E-state index in [1.165, 1.54) is 17.5 Å². The topological polar surface area (TPSA) is 70.7 Å². The maximum atomic E-state index is 13.0. The molecule has 0 spiro atoms. The molecule has 2 aromatic rings. The summed E-state index contributed by atoms with van der Waals surface area (Å²) in [5, 5.41) is 5.98. The normalized spacial score (nSPS) is 18.1. The number of carbonyl (C=O) groups is 2. The first-order chi connectivity index (χ1) is 14.2. The second-order valence-corrected chi connectivity index (χ2v) is 7.65. The van der Waals surface area contributed by atoms with Crippen molar-refractivity contribution in [2.45, 2.75) is 44.6 Å². The maximum absolute atomic E-state index is 13.0. The minimum atomic E-state index is -0.458. The van der Waals surface area contributed by atoms with Crippen molar-refractivity contribution in [3.05, 3.63) is 53.6 Å². The lowest BCUT2D eigenvalue weighted by molar-refractivity contribution is -0.119. The molecule has 0 saturated carbocycles. The van der Waals surface area contributed by atoms with Crippen molar-refractivity contribution in [3.8, 4) is 5.75 Å². The van der Waals surface area contributed by atoms with E-state index in [0.29, 0.717) is 24.4 Å². The highest BCUT2D eigenvalue weighted by atomic mass is 16.5. The summed E-state index contributed by atoms with van der Waals surface area (Å²) in [5.41, 5.74) is 4.12. The van der Waals surface area contributed by atoms with Crippen LogP contribution in [0.25, 0.3) is 0 Å². The predicted molar refractivity (Wildman–Crippen MR) is 113 cm³/mol. The lowest BCUT2D eigenvalue weighted by Crippen LogP contribution is -2.45. The first-order valence-electron chi connectivity index (χ1n) is 10.3. The zero-order valence-corrected chi connectivity index (χ0v) is 16.7. The van der Waals surface area contributed by atoms with Crippen LogP contribution in [-0.4, -0.2) is 36.5 Å². The van der Waals surface area contributed by atoms with Gasteiger partial charge in [-0.2, -0.15) is 0 Å². The zero-order valence-electron chi connectivity index (χ0n) is 16.7. The Kier molecular flexibility index (Phi) is 5.69. The third kappa shape index (κ3) is 4.21. The lowest BCUT2D eigenvalue weighted by Gasteiger charge is -2.26. The molecule has 2 aliphatic rings. The van der Waals surface area contributed by atoms with Crippen molar-refractivity contribution < 1.29 is 14.3 Å². The number of nitrogens with one attached hydrogen (secondary N) is 2. The van der Waals surface area contributed by atoms with Gasteiger partial charge in [0.25, 0.3) is 0 Å². The van der Waals surface area contributed by atoms with Crippen molar-refractivity contribution in [1.29, 1.82) is 0 Å². The Morgan fingerprint density at radius 1 is 1.03 bits per heavy atom. The van der Waals surface area contributed by atoms with Crippen molar-refractivity contribution >= 4 is 23.3 Å². The van der Waals surface area contributed by atoms with Gasteiger partial charge in [-0.15, -0.1) is 0 Å². The van der Waals surface area contributed by atoms with Crippen LogP contribution in [0, 0.1) is 0 Å². The summed E-state index contributed by atoms with van der Waals surface area (Å²) in [6.45, 7) is 0.570. The van der Waals surface area contributed by atoms with Crippen LogP contribution in [0.1, 0.15) is 36.8 Å². The fourth-order valence-corrected chi connectivity index (χ4v) is 4.29. The van der Waals surface area contributed by atoms with Gasteiger partial charge in [-0.05, 0) is 67.9 Å². The second-order valence-electron chi connectivity index (χ2n) is 7.65. The number of methoxy groups -OCH3 is 1. The van der Waals surface area contributed by atoms with Gasteiger partial charge in [0.15, 0.2) is 0 Å². The van der Waals surface area contributed by atoms with Crippen LogP contribution in [0.2, 0.25) is 0 Å². The average Bonchev–Trinajstić information content (AvgIpc) is 3.24. The van der Waals surface area contributed by atoms with Crippen molar-refractivity contribution in [2.75, 3.05) is 24.3 Å². The molecule has 1 aliphatic heterocycles. The molecule has 6 heteroatoms. The van der Waals surface area contributed by atoms with Gasteiger partial charge in [-0.3, -0.25) is 4.79 Å². The lowest BCUT2D eigenvalue weighted by atomic mass is 9.90. The van der Waals surface area contributed by atoms with E-state index < -0.39 is 6.04 Å². The fraction of sp³-hybridized carbons (Fsp3) is 0.391. The molecule has 2 N–H and O–H groups in total. The van der Waals surface area contributed by atoms with Gasteiger partial charge in [-0.1, -0.05) is 18.2 Å². The van der Waals surface area contributed by atoms with E-state index in [2.05, 4.69) is 16.7 Å². The number of benzene rings is 2. The summed E-state index contributed by atoms with van der Waals surface area (Å²) < 4.78 is 5.20. The number of nitrogens with zero attached hydrogens (tertiary/aromatic N) is 1. The number of carbonyl (C=O) groups excluding carboxylic acids is 2. The van der Waals surface area contributed by atoms with Gasteiger partial charge in [-0.25, -0.2) is 4.79 Å². The number of fused-ring (bicyclic) bond motifs is 1. The van der Waals surface area contributed by atoms with Crippen LogP contribution in [0.5, 0.6) is 5.75 Å². The van der Waals surface area contributed by atoms with Crippen molar-refractivity contribution in [1.82, 2.24) is 4.90 Å². The fourth-order valence-electron chi connectivity index (χ4n) is 4.29. The average molecular weight is 393 g/mol. The quantitative estimate of drug-likeness (QED) is 0.817. The Balaban J connectivity index is 1.45. The number of anilines is 2. The Labute approximate surface area is 171 Å². The highest BCUT2D eigenvalue weighted by molar-refractivity contribution is 6.00. The molecule has 0 aromatic heterocycles. The van der Waals surface area contributed by atoms with Crippen LogP contribution < -0.4 is 15.4 Å². The van der Waals surface area contributed by atoms with Crippen LogP contribution in [0.4, 0.5) is 16.2 Å². The molecule has 1 heterocycles. The van der Waals surface area contributed by atoms with E-state index in [4.69, 9.17) is 4.74 Å². The summed E-state index contributed by atoms with van der Waals surface area (Å²) in [6, 6.07) is 12.6. The molecule has 152 valence electrons. The van der Waals surface area contributed by atoms with Gasteiger partial charge in [0.1, 0.15) is 11.8 Å². The third-order valence-electron chi connectivity index (χ3n) is 5.79. The first-order valence-corrected chi connectivity index (χ1v) is 10.3. The van der Waals surface area contributed by atoms with Crippen LogP contribution >= 0.6 is 0 Å². The van der Waals surface area contributed by atoms with E-state index in [1.54, 1.807) is 18.1 Å². The van der Waals surface area contributed by atoms with Gasteiger partial charge in [0.2, 0.25) is 5.91 Å². The molecule has 1 aliphatic carbocycles. The van der Waals surface area contributed by atoms with Gasteiger partial charge < -0.3 is 20.3 Å². The summed E-state index contributed by atoms with van der Waals surface area (Å²) >= 11 is 0. The molecule has 2 aromatic carbocycles. The maximum Gasteiger partial charge on any atom is 0.322 e. The summed E-state index contributed by atoms with van der Waals surface area (Å²) in [7, 11) is 1.59. The molecule has 1 atom stereocenters. The number of hydrogen-bond acceptors (Lipinski definition) is 3. The molecule has 1 fully saturated rings. The zero-order chi connectivity index (χ0) is 20.2. The smallest absolute Gasteiger partial charge is 0.322 e. The van der Waals surface area contributed by atoms with Crippen molar-refractivity contribution in [2.24, 2.45) is 0 Å². The van der Waals surface area contributed by atoms with E-state index in [1.807, 2.05) is 30.3 Å². The van der Waals surface area contributed by atoms with Crippen LogP contribution in [-0.2, 0) is 17.6 Å². The second kappa shape index (κ2) is 8.55.